The lowest BCUT2D eigenvalue weighted by Gasteiger charge is -2.08. The van der Waals surface area contributed by atoms with Crippen LogP contribution < -0.4 is 14.8 Å². The van der Waals surface area contributed by atoms with Gasteiger partial charge in [-0.05, 0) is 38.1 Å². The van der Waals surface area contributed by atoms with Crippen LogP contribution in [-0.2, 0) is 0 Å². The highest BCUT2D eigenvalue weighted by Gasteiger charge is 2.18. The molecule has 0 saturated heterocycles. The van der Waals surface area contributed by atoms with E-state index in [0.717, 1.165) is 17.0 Å². The maximum atomic E-state index is 12.3. The van der Waals surface area contributed by atoms with Crippen LogP contribution in [0.1, 0.15) is 24.2 Å². The number of benzene rings is 1. The molecule has 7 heteroatoms. The first-order valence-electron chi connectivity index (χ1n) is 7.67. The largest absolute Gasteiger partial charge is 0.454 e. The van der Waals surface area contributed by atoms with Crippen molar-refractivity contribution in [2.75, 3.05) is 6.79 Å². The first-order chi connectivity index (χ1) is 11.6. The van der Waals surface area contributed by atoms with Gasteiger partial charge in [0.1, 0.15) is 5.56 Å². The molecule has 0 bridgehead atoms. The molecule has 0 atom stereocenters. The Labute approximate surface area is 138 Å². The average Bonchev–Trinajstić information content (AvgIpc) is 3.19. The van der Waals surface area contributed by atoms with Gasteiger partial charge in [0, 0.05) is 17.8 Å². The third-order valence-corrected chi connectivity index (χ3v) is 3.73. The average molecular weight is 324 g/mol. The number of hydrogen-bond donors (Lipinski definition) is 1. The van der Waals surface area contributed by atoms with E-state index in [1.165, 1.54) is 6.20 Å². The zero-order valence-electron chi connectivity index (χ0n) is 13.3. The van der Waals surface area contributed by atoms with E-state index in [9.17, 15) is 4.79 Å². The Balaban J connectivity index is 1.80. The topological polar surface area (TPSA) is 77.8 Å². The van der Waals surface area contributed by atoms with Gasteiger partial charge in [0.2, 0.25) is 6.79 Å². The van der Waals surface area contributed by atoms with Gasteiger partial charge in [-0.3, -0.25) is 4.79 Å². The minimum Gasteiger partial charge on any atom is -0.454 e. The SMILES string of the molecule is CC(C)NC(=O)c1cnn2c(-c3ccc4c(c3)OCO4)ccnc12. The van der Waals surface area contributed by atoms with E-state index in [2.05, 4.69) is 15.4 Å². The third-order valence-electron chi connectivity index (χ3n) is 3.73. The second-order valence-corrected chi connectivity index (χ2v) is 5.82. The molecule has 1 N–H and O–H groups in total. The molecule has 1 amide bonds. The monoisotopic (exact) mass is 324 g/mol. The number of nitrogens with one attached hydrogen (secondary N) is 1. The quantitative estimate of drug-likeness (QED) is 0.799. The summed E-state index contributed by atoms with van der Waals surface area (Å²) < 4.78 is 12.4. The molecule has 24 heavy (non-hydrogen) atoms. The van der Waals surface area contributed by atoms with Gasteiger partial charge in [0.15, 0.2) is 17.1 Å². The van der Waals surface area contributed by atoms with Crippen LogP contribution in [0.5, 0.6) is 11.5 Å². The Bertz CT molecular complexity index is 933. The fourth-order valence-electron chi connectivity index (χ4n) is 2.67. The molecule has 7 nitrogen and oxygen atoms in total. The Morgan fingerprint density at radius 1 is 1.25 bits per heavy atom. The third kappa shape index (κ3) is 2.34. The summed E-state index contributed by atoms with van der Waals surface area (Å²) in [4.78, 5) is 16.6. The number of carbonyl (C=O) groups excluding carboxylic acids is 1. The Morgan fingerprint density at radius 3 is 2.92 bits per heavy atom. The lowest BCUT2D eigenvalue weighted by atomic mass is 10.1. The second kappa shape index (κ2) is 5.52. The van der Waals surface area contributed by atoms with Gasteiger partial charge >= 0.3 is 0 Å². The molecule has 0 radical (unpaired) electrons. The Hall–Kier alpha value is -3.09. The van der Waals surface area contributed by atoms with Crippen LogP contribution in [0.4, 0.5) is 0 Å². The van der Waals surface area contributed by atoms with E-state index in [1.54, 1.807) is 10.7 Å². The molecule has 4 rings (SSSR count). The van der Waals surface area contributed by atoms with Gasteiger partial charge in [-0.25, -0.2) is 9.50 Å². The van der Waals surface area contributed by atoms with Crippen molar-refractivity contribution < 1.29 is 14.3 Å². The molecular weight excluding hydrogens is 308 g/mol. The van der Waals surface area contributed by atoms with Gasteiger partial charge in [0.25, 0.3) is 5.91 Å². The molecule has 1 aliphatic rings. The van der Waals surface area contributed by atoms with Gasteiger partial charge in [-0.2, -0.15) is 5.10 Å². The summed E-state index contributed by atoms with van der Waals surface area (Å²) in [6, 6.07) is 7.58. The molecule has 0 saturated carbocycles. The zero-order valence-corrected chi connectivity index (χ0v) is 13.3. The van der Waals surface area contributed by atoms with Crippen LogP contribution >= 0.6 is 0 Å². The van der Waals surface area contributed by atoms with Crippen molar-refractivity contribution in [3.63, 3.8) is 0 Å². The van der Waals surface area contributed by atoms with Crippen LogP contribution in [-0.4, -0.2) is 33.3 Å². The highest BCUT2D eigenvalue weighted by Crippen LogP contribution is 2.35. The zero-order chi connectivity index (χ0) is 16.7. The molecule has 0 unspecified atom stereocenters. The van der Waals surface area contributed by atoms with E-state index in [-0.39, 0.29) is 18.7 Å². The Morgan fingerprint density at radius 2 is 2.08 bits per heavy atom. The minimum absolute atomic E-state index is 0.0458. The Kier molecular flexibility index (Phi) is 3.34. The van der Waals surface area contributed by atoms with Gasteiger partial charge in [-0.1, -0.05) is 0 Å². The first kappa shape index (κ1) is 14.5. The van der Waals surface area contributed by atoms with E-state index in [1.807, 2.05) is 38.1 Å². The second-order valence-electron chi connectivity index (χ2n) is 5.82. The molecule has 3 aromatic rings. The summed E-state index contributed by atoms with van der Waals surface area (Å²) in [5.41, 5.74) is 2.70. The highest BCUT2D eigenvalue weighted by atomic mass is 16.7. The number of aromatic nitrogens is 3. The van der Waals surface area contributed by atoms with Crippen LogP contribution in [0.25, 0.3) is 16.9 Å². The fourth-order valence-corrected chi connectivity index (χ4v) is 2.67. The van der Waals surface area contributed by atoms with E-state index >= 15 is 0 Å². The van der Waals surface area contributed by atoms with E-state index < -0.39 is 0 Å². The molecule has 0 aliphatic carbocycles. The smallest absolute Gasteiger partial charge is 0.256 e. The van der Waals surface area contributed by atoms with E-state index in [0.29, 0.717) is 17.0 Å². The maximum absolute atomic E-state index is 12.3. The molecule has 1 aromatic carbocycles. The number of hydrogen-bond acceptors (Lipinski definition) is 5. The summed E-state index contributed by atoms with van der Waals surface area (Å²) in [6.45, 7) is 4.05. The normalized spacial score (nSPS) is 12.8. The summed E-state index contributed by atoms with van der Waals surface area (Å²) in [6.07, 6.45) is 3.21. The molecule has 0 spiro atoms. The van der Waals surface area contributed by atoms with Crippen molar-refractivity contribution in [3.8, 4) is 22.8 Å². The van der Waals surface area contributed by atoms with Crippen molar-refractivity contribution in [2.45, 2.75) is 19.9 Å². The number of carbonyl (C=O) groups is 1. The van der Waals surface area contributed by atoms with Crippen LogP contribution in [0.15, 0.2) is 36.7 Å². The van der Waals surface area contributed by atoms with Crippen LogP contribution in [0, 0.1) is 0 Å². The fraction of sp³-hybridized carbons (Fsp3) is 0.235. The molecule has 0 fully saturated rings. The summed E-state index contributed by atoms with van der Waals surface area (Å²) in [5, 5.41) is 7.20. The predicted molar refractivity (Wildman–Crippen MR) is 87.1 cm³/mol. The first-order valence-corrected chi connectivity index (χ1v) is 7.67. The van der Waals surface area contributed by atoms with Crippen molar-refractivity contribution >= 4 is 11.6 Å². The van der Waals surface area contributed by atoms with Crippen molar-refractivity contribution in [1.29, 1.82) is 0 Å². The lowest BCUT2D eigenvalue weighted by molar-refractivity contribution is 0.0944. The molecule has 2 aromatic heterocycles. The summed E-state index contributed by atoms with van der Waals surface area (Å²) in [5.74, 6) is 1.24. The standard InChI is InChI=1S/C17H16N4O3/c1-10(2)20-17(22)12-8-19-21-13(5-6-18-16(12)21)11-3-4-14-15(7-11)24-9-23-14/h3-8,10H,9H2,1-2H3,(H,20,22). The molecule has 122 valence electrons. The van der Waals surface area contributed by atoms with Gasteiger partial charge in [-0.15, -0.1) is 0 Å². The van der Waals surface area contributed by atoms with Gasteiger partial charge in [0.05, 0.1) is 11.9 Å². The van der Waals surface area contributed by atoms with E-state index in [4.69, 9.17) is 9.47 Å². The van der Waals surface area contributed by atoms with Crippen LogP contribution in [0.2, 0.25) is 0 Å². The molecule has 1 aliphatic heterocycles. The molecular formula is C17H16N4O3. The lowest BCUT2D eigenvalue weighted by Crippen LogP contribution is -2.30. The van der Waals surface area contributed by atoms with Crippen molar-refractivity contribution in [2.24, 2.45) is 0 Å². The minimum atomic E-state index is -0.185. The van der Waals surface area contributed by atoms with Crippen molar-refractivity contribution in [3.05, 3.63) is 42.2 Å². The number of rotatable bonds is 3. The summed E-state index contributed by atoms with van der Waals surface area (Å²) >= 11 is 0. The van der Waals surface area contributed by atoms with Crippen LogP contribution in [0.3, 0.4) is 0 Å². The van der Waals surface area contributed by atoms with Crippen molar-refractivity contribution in [1.82, 2.24) is 19.9 Å². The maximum Gasteiger partial charge on any atom is 0.256 e. The number of ether oxygens (including phenoxy) is 2. The summed E-state index contributed by atoms with van der Waals surface area (Å²) in [7, 11) is 0. The number of amides is 1. The predicted octanol–water partition coefficient (Wildman–Crippen LogP) is 2.26. The number of nitrogens with zero attached hydrogens (tertiary/aromatic N) is 3. The van der Waals surface area contributed by atoms with Gasteiger partial charge < -0.3 is 14.8 Å². The number of fused-ring (bicyclic) bond motifs is 2. The molecule has 3 heterocycles. The highest BCUT2D eigenvalue weighted by molar-refractivity contribution is 6.00.